The number of thioether (sulfide) groups is 1. The fourth-order valence-electron chi connectivity index (χ4n) is 3.26. The van der Waals surface area contributed by atoms with Crippen molar-refractivity contribution in [2.45, 2.75) is 41.8 Å². The third-order valence-electron chi connectivity index (χ3n) is 4.94. The lowest BCUT2D eigenvalue weighted by Crippen LogP contribution is -2.40. The fraction of sp³-hybridized carbons (Fsp3) is 0.381. The van der Waals surface area contributed by atoms with Gasteiger partial charge in [-0.15, -0.1) is 24.9 Å². The lowest BCUT2D eigenvalue weighted by molar-refractivity contribution is -0.274. The molecule has 1 saturated heterocycles. The Balaban J connectivity index is 1.27. The van der Waals surface area contributed by atoms with Crippen molar-refractivity contribution in [1.82, 2.24) is 5.32 Å². The summed E-state index contributed by atoms with van der Waals surface area (Å²) < 4.78 is 46.0. The first-order valence-electron chi connectivity index (χ1n) is 9.48. The minimum absolute atomic E-state index is 0.0528. The predicted molar refractivity (Wildman–Crippen MR) is 105 cm³/mol. The predicted octanol–water partition coefficient (Wildman–Crippen LogP) is 3.61. The van der Waals surface area contributed by atoms with E-state index in [0.29, 0.717) is 29.0 Å². The summed E-state index contributed by atoms with van der Waals surface area (Å²) in [7, 11) is 0. The maximum atomic E-state index is 12.2. The first kappa shape index (κ1) is 20.9. The van der Waals surface area contributed by atoms with Gasteiger partial charge in [-0.1, -0.05) is 24.3 Å². The zero-order valence-electron chi connectivity index (χ0n) is 15.8. The molecule has 2 aromatic rings. The van der Waals surface area contributed by atoms with Crippen LogP contribution in [0.3, 0.4) is 0 Å². The number of rotatable bonds is 7. The highest BCUT2D eigenvalue weighted by molar-refractivity contribution is 8.01. The maximum absolute atomic E-state index is 12.2. The fourth-order valence-corrected chi connectivity index (χ4v) is 4.74. The molecule has 0 radical (unpaired) electrons. The molecule has 4 atom stereocenters. The lowest BCUT2D eigenvalue weighted by Gasteiger charge is -2.21. The second-order valence-corrected chi connectivity index (χ2v) is 8.75. The van der Waals surface area contributed by atoms with Gasteiger partial charge in [0.05, 0.1) is 5.25 Å². The second-order valence-electron chi connectivity index (χ2n) is 7.31. The molecule has 3 unspecified atom stereocenters. The van der Waals surface area contributed by atoms with Gasteiger partial charge >= 0.3 is 6.36 Å². The minimum Gasteiger partial charge on any atom is -0.491 e. The highest BCUT2D eigenvalue weighted by Gasteiger charge is 2.46. The van der Waals surface area contributed by atoms with Crippen LogP contribution >= 0.6 is 11.8 Å². The molecular formula is C21H20F3NO4S. The standard InChI is InChI=1S/C21H20F3NO4S/c22-21(23,24)29-15-7-3-13(4-8-15)17(26)11-28-14-5-1-12(2-6-14)9-19-20(27)25-16-10-18(16)30-19/h1-8,16-19,26H,9-11H2,(H,25,27)/t16?,17-,18?,19?/m0/s1. The molecule has 1 aliphatic carbocycles. The number of fused-ring (bicyclic) bond motifs is 1. The minimum atomic E-state index is -4.75. The smallest absolute Gasteiger partial charge is 0.491 e. The normalized spacial score (nSPS) is 23.9. The average Bonchev–Trinajstić information content (AvgIpc) is 3.44. The van der Waals surface area contributed by atoms with Crippen LogP contribution in [0.15, 0.2) is 48.5 Å². The molecule has 1 saturated carbocycles. The van der Waals surface area contributed by atoms with Crippen molar-refractivity contribution < 1.29 is 32.5 Å². The highest BCUT2D eigenvalue weighted by atomic mass is 32.2. The van der Waals surface area contributed by atoms with Crippen LogP contribution in [0.4, 0.5) is 13.2 Å². The zero-order chi connectivity index (χ0) is 21.3. The molecule has 9 heteroatoms. The molecule has 2 N–H and O–H groups in total. The second kappa shape index (κ2) is 8.39. The summed E-state index contributed by atoms with van der Waals surface area (Å²) in [6.45, 7) is -0.0528. The van der Waals surface area contributed by atoms with Gasteiger partial charge in [0, 0.05) is 11.3 Å². The van der Waals surface area contributed by atoms with E-state index < -0.39 is 12.5 Å². The Labute approximate surface area is 175 Å². The molecule has 160 valence electrons. The van der Waals surface area contributed by atoms with Crippen molar-refractivity contribution in [1.29, 1.82) is 0 Å². The van der Waals surface area contributed by atoms with Crippen molar-refractivity contribution in [3.63, 3.8) is 0 Å². The Morgan fingerprint density at radius 2 is 1.77 bits per heavy atom. The van der Waals surface area contributed by atoms with Gasteiger partial charge in [0.2, 0.25) is 5.91 Å². The molecule has 0 aromatic heterocycles. The van der Waals surface area contributed by atoms with Crippen LogP contribution in [-0.4, -0.2) is 40.5 Å². The molecule has 1 amide bonds. The zero-order valence-corrected chi connectivity index (χ0v) is 16.6. The molecule has 4 rings (SSSR count). The molecule has 5 nitrogen and oxygen atoms in total. The largest absolute Gasteiger partial charge is 0.573 e. The van der Waals surface area contributed by atoms with E-state index in [9.17, 15) is 23.1 Å². The number of hydrogen-bond acceptors (Lipinski definition) is 5. The lowest BCUT2D eigenvalue weighted by atomic mass is 10.1. The van der Waals surface area contributed by atoms with Crippen LogP contribution in [0.5, 0.6) is 11.5 Å². The molecule has 1 heterocycles. The molecule has 1 aliphatic heterocycles. The van der Waals surface area contributed by atoms with Crippen molar-refractivity contribution in [2.75, 3.05) is 6.61 Å². The van der Waals surface area contributed by atoms with Gasteiger partial charge in [0.1, 0.15) is 24.2 Å². The number of benzene rings is 2. The van der Waals surface area contributed by atoms with E-state index in [4.69, 9.17) is 4.74 Å². The van der Waals surface area contributed by atoms with Gasteiger partial charge in [-0.25, -0.2) is 0 Å². The van der Waals surface area contributed by atoms with E-state index in [2.05, 4.69) is 10.1 Å². The third kappa shape index (κ3) is 5.40. The highest BCUT2D eigenvalue weighted by Crippen LogP contribution is 2.42. The van der Waals surface area contributed by atoms with Crippen molar-refractivity contribution >= 4 is 17.7 Å². The topological polar surface area (TPSA) is 67.8 Å². The monoisotopic (exact) mass is 439 g/mol. The number of ether oxygens (including phenoxy) is 2. The van der Waals surface area contributed by atoms with Crippen molar-refractivity contribution in [2.24, 2.45) is 0 Å². The maximum Gasteiger partial charge on any atom is 0.573 e. The number of nitrogens with one attached hydrogen (secondary N) is 1. The number of halogens is 3. The summed E-state index contributed by atoms with van der Waals surface area (Å²) in [5, 5.41) is 13.7. The van der Waals surface area contributed by atoms with Gasteiger partial charge in [-0.3, -0.25) is 4.79 Å². The van der Waals surface area contributed by atoms with Gasteiger partial charge in [0.15, 0.2) is 0 Å². The summed E-state index contributed by atoms with van der Waals surface area (Å²) in [6.07, 6.45) is -4.05. The number of alkyl halides is 3. The molecular weight excluding hydrogens is 419 g/mol. The number of aliphatic hydroxyl groups is 1. The summed E-state index contributed by atoms with van der Waals surface area (Å²) in [6, 6.07) is 12.7. The summed E-state index contributed by atoms with van der Waals surface area (Å²) >= 11 is 1.74. The molecule has 0 spiro atoms. The van der Waals surface area contributed by atoms with Crippen LogP contribution in [0.1, 0.15) is 23.7 Å². The molecule has 2 aliphatic rings. The van der Waals surface area contributed by atoms with Crippen molar-refractivity contribution in [3.05, 3.63) is 59.7 Å². The Kier molecular flexibility index (Phi) is 5.84. The summed E-state index contributed by atoms with van der Waals surface area (Å²) in [4.78, 5) is 12.1. The van der Waals surface area contributed by atoms with Crippen LogP contribution < -0.4 is 14.8 Å². The van der Waals surface area contributed by atoms with Gasteiger partial charge in [-0.05, 0) is 48.2 Å². The number of aliphatic hydroxyl groups excluding tert-OH is 1. The Hall–Kier alpha value is -2.39. The van der Waals surface area contributed by atoms with Gasteiger partial charge in [0.25, 0.3) is 0 Å². The van der Waals surface area contributed by atoms with E-state index >= 15 is 0 Å². The van der Waals surface area contributed by atoms with E-state index in [1.807, 2.05) is 12.1 Å². The Morgan fingerprint density at radius 1 is 1.10 bits per heavy atom. The first-order valence-corrected chi connectivity index (χ1v) is 10.4. The van der Waals surface area contributed by atoms with E-state index in [1.54, 1.807) is 23.9 Å². The Morgan fingerprint density at radius 3 is 2.43 bits per heavy atom. The molecule has 2 fully saturated rings. The van der Waals surface area contributed by atoms with E-state index in [1.165, 1.54) is 12.1 Å². The quantitative estimate of drug-likeness (QED) is 0.690. The number of hydrogen-bond donors (Lipinski definition) is 2. The van der Waals surface area contributed by atoms with Crippen LogP contribution in [0.25, 0.3) is 0 Å². The van der Waals surface area contributed by atoms with Gasteiger partial charge < -0.3 is 19.9 Å². The van der Waals surface area contributed by atoms with E-state index in [-0.39, 0.29) is 23.5 Å². The van der Waals surface area contributed by atoms with Crippen LogP contribution in [-0.2, 0) is 11.2 Å². The van der Waals surface area contributed by atoms with Crippen LogP contribution in [0.2, 0.25) is 0 Å². The SMILES string of the molecule is O=C1NC2CC2SC1Cc1ccc(OC[C@H](O)c2ccc(OC(F)(F)F)cc2)cc1. The van der Waals surface area contributed by atoms with E-state index in [0.717, 1.165) is 24.1 Å². The molecule has 2 aromatic carbocycles. The molecule has 0 bridgehead atoms. The molecule has 30 heavy (non-hydrogen) atoms. The summed E-state index contributed by atoms with van der Waals surface area (Å²) in [5.74, 6) is 0.295. The van der Waals surface area contributed by atoms with Crippen LogP contribution in [0, 0.1) is 0 Å². The number of amides is 1. The third-order valence-corrected chi connectivity index (χ3v) is 6.52. The average molecular weight is 439 g/mol. The number of carbonyl (C=O) groups excluding carboxylic acids is 1. The van der Waals surface area contributed by atoms with Gasteiger partial charge in [-0.2, -0.15) is 0 Å². The Bertz CT molecular complexity index is 889. The summed E-state index contributed by atoms with van der Waals surface area (Å²) in [5.41, 5.74) is 1.44. The van der Waals surface area contributed by atoms with Crippen molar-refractivity contribution in [3.8, 4) is 11.5 Å². The number of carbonyl (C=O) groups is 1. The first-order chi connectivity index (χ1) is 14.3.